The summed E-state index contributed by atoms with van der Waals surface area (Å²) in [5, 5.41) is 4.74. The monoisotopic (exact) mass is 594 g/mol. The first kappa shape index (κ1) is 25.8. The molecule has 9 aromatic rings. The van der Waals surface area contributed by atoms with Crippen LogP contribution in [0.2, 0.25) is 0 Å². The predicted molar refractivity (Wildman–Crippen MR) is 190 cm³/mol. The number of hydrogen-bond donors (Lipinski definition) is 0. The summed E-state index contributed by atoms with van der Waals surface area (Å²) in [7, 11) is 0. The minimum absolute atomic E-state index is 0.622. The Kier molecular flexibility index (Phi) is 6.00. The standard InChI is InChI=1S/C41H26N2OS/c1-3-12-28(13-4-1)41-42-34-25-24-27-14-10-21-35(38(27)40(34)44-41)43(30-16-5-2-6-17-30)31-18-9-15-29(26-31)32-20-11-23-37-39(32)33-19-7-8-22-36(33)45-37/h1-26H. The van der Waals surface area contributed by atoms with Crippen LogP contribution in [0, 0.1) is 0 Å². The van der Waals surface area contributed by atoms with Gasteiger partial charge in [-0.1, -0.05) is 97.1 Å². The third kappa shape index (κ3) is 4.30. The molecule has 0 atom stereocenters. The van der Waals surface area contributed by atoms with Crippen molar-refractivity contribution in [1.82, 2.24) is 4.98 Å². The van der Waals surface area contributed by atoms with Gasteiger partial charge in [0, 0.05) is 37.1 Å². The second-order valence-electron chi connectivity index (χ2n) is 11.2. The van der Waals surface area contributed by atoms with E-state index in [2.05, 4.69) is 132 Å². The van der Waals surface area contributed by atoms with Crippen molar-refractivity contribution in [2.75, 3.05) is 4.90 Å². The number of hydrogen-bond acceptors (Lipinski definition) is 4. The predicted octanol–water partition coefficient (Wildman–Crippen LogP) is 12.2. The molecule has 3 nitrogen and oxygen atoms in total. The Balaban J connectivity index is 1.28. The molecule has 2 aromatic heterocycles. The topological polar surface area (TPSA) is 29.3 Å². The Morgan fingerprint density at radius 2 is 1.24 bits per heavy atom. The van der Waals surface area contributed by atoms with Crippen molar-refractivity contribution >= 4 is 70.4 Å². The first-order chi connectivity index (χ1) is 22.3. The zero-order valence-corrected chi connectivity index (χ0v) is 25.0. The normalized spacial score (nSPS) is 11.6. The Morgan fingerprint density at radius 1 is 0.533 bits per heavy atom. The number of rotatable bonds is 5. The van der Waals surface area contributed by atoms with Crippen LogP contribution in [0.3, 0.4) is 0 Å². The van der Waals surface area contributed by atoms with Crippen molar-refractivity contribution in [3.63, 3.8) is 0 Å². The molecule has 0 spiro atoms. The van der Waals surface area contributed by atoms with Crippen molar-refractivity contribution in [3.8, 4) is 22.6 Å². The number of oxazole rings is 1. The van der Waals surface area contributed by atoms with E-state index in [1.54, 1.807) is 0 Å². The van der Waals surface area contributed by atoms with E-state index in [0.29, 0.717) is 5.89 Å². The summed E-state index contributed by atoms with van der Waals surface area (Å²) < 4.78 is 9.18. The Morgan fingerprint density at radius 3 is 2.13 bits per heavy atom. The zero-order valence-electron chi connectivity index (χ0n) is 24.2. The lowest BCUT2D eigenvalue weighted by Crippen LogP contribution is -2.10. The van der Waals surface area contributed by atoms with E-state index in [1.807, 2.05) is 41.7 Å². The molecule has 7 aromatic carbocycles. The number of benzene rings is 7. The number of fused-ring (bicyclic) bond motifs is 6. The van der Waals surface area contributed by atoms with Gasteiger partial charge in [0.25, 0.3) is 0 Å². The van der Waals surface area contributed by atoms with Gasteiger partial charge in [0.2, 0.25) is 5.89 Å². The van der Waals surface area contributed by atoms with Crippen LogP contribution in [-0.4, -0.2) is 4.98 Å². The van der Waals surface area contributed by atoms with E-state index in [1.165, 1.54) is 31.3 Å². The van der Waals surface area contributed by atoms with Gasteiger partial charge in [-0.3, -0.25) is 0 Å². The van der Waals surface area contributed by atoms with Gasteiger partial charge in [0.1, 0.15) is 5.52 Å². The van der Waals surface area contributed by atoms with Crippen molar-refractivity contribution in [2.45, 2.75) is 0 Å². The molecular weight excluding hydrogens is 569 g/mol. The molecule has 0 N–H and O–H groups in total. The van der Waals surface area contributed by atoms with E-state index in [9.17, 15) is 0 Å². The van der Waals surface area contributed by atoms with Crippen molar-refractivity contribution in [2.24, 2.45) is 0 Å². The van der Waals surface area contributed by atoms with E-state index < -0.39 is 0 Å². The van der Waals surface area contributed by atoms with Gasteiger partial charge in [-0.25, -0.2) is 4.98 Å². The van der Waals surface area contributed by atoms with Gasteiger partial charge >= 0.3 is 0 Å². The number of para-hydroxylation sites is 1. The van der Waals surface area contributed by atoms with Crippen LogP contribution in [0.25, 0.3) is 64.6 Å². The Bertz CT molecular complexity index is 2500. The van der Waals surface area contributed by atoms with E-state index in [-0.39, 0.29) is 0 Å². The minimum Gasteiger partial charge on any atom is -0.435 e. The molecule has 0 radical (unpaired) electrons. The van der Waals surface area contributed by atoms with Gasteiger partial charge in [-0.15, -0.1) is 11.3 Å². The lowest BCUT2D eigenvalue weighted by atomic mass is 9.98. The first-order valence-electron chi connectivity index (χ1n) is 15.1. The average molecular weight is 595 g/mol. The second-order valence-corrected chi connectivity index (χ2v) is 12.3. The van der Waals surface area contributed by atoms with Crippen molar-refractivity contribution in [1.29, 1.82) is 0 Å². The molecule has 0 bridgehead atoms. The van der Waals surface area contributed by atoms with Gasteiger partial charge < -0.3 is 9.32 Å². The number of nitrogens with zero attached hydrogens (tertiary/aromatic N) is 2. The summed E-state index contributed by atoms with van der Waals surface area (Å²) in [6, 6.07) is 55.5. The van der Waals surface area contributed by atoms with Crippen LogP contribution >= 0.6 is 11.3 Å². The smallest absolute Gasteiger partial charge is 0.227 e. The van der Waals surface area contributed by atoms with Crippen LogP contribution < -0.4 is 4.90 Å². The summed E-state index contributed by atoms with van der Waals surface area (Å²) in [6.45, 7) is 0. The second kappa shape index (κ2) is 10.5. The highest BCUT2D eigenvalue weighted by Gasteiger charge is 2.21. The Hall–Kier alpha value is -5.71. The van der Waals surface area contributed by atoms with Crippen LogP contribution in [0.15, 0.2) is 162 Å². The molecule has 45 heavy (non-hydrogen) atoms. The fraction of sp³-hybridized carbons (Fsp3) is 0. The van der Waals surface area contributed by atoms with Crippen LogP contribution in [0.5, 0.6) is 0 Å². The van der Waals surface area contributed by atoms with Gasteiger partial charge in [-0.05, 0) is 77.2 Å². The van der Waals surface area contributed by atoms with Crippen molar-refractivity contribution in [3.05, 3.63) is 158 Å². The van der Waals surface area contributed by atoms with E-state index in [0.717, 1.165) is 44.5 Å². The van der Waals surface area contributed by atoms with E-state index >= 15 is 0 Å². The van der Waals surface area contributed by atoms with Gasteiger partial charge in [0.15, 0.2) is 5.58 Å². The van der Waals surface area contributed by atoms with E-state index in [4.69, 9.17) is 9.40 Å². The first-order valence-corrected chi connectivity index (χ1v) is 15.9. The molecule has 0 amide bonds. The fourth-order valence-electron chi connectivity index (χ4n) is 6.46. The maximum Gasteiger partial charge on any atom is 0.227 e. The summed E-state index contributed by atoms with van der Waals surface area (Å²) in [5.41, 5.74) is 8.18. The minimum atomic E-state index is 0.622. The lowest BCUT2D eigenvalue weighted by Gasteiger charge is -2.27. The van der Waals surface area contributed by atoms with Crippen LogP contribution in [0.1, 0.15) is 0 Å². The number of thiophene rings is 1. The molecule has 0 aliphatic carbocycles. The summed E-state index contributed by atoms with van der Waals surface area (Å²) in [6.07, 6.45) is 0. The fourth-order valence-corrected chi connectivity index (χ4v) is 7.59. The zero-order chi connectivity index (χ0) is 29.7. The molecule has 0 aliphatic rings. The summed E-state index contributed by atoms with van der Waals surface area (Å²) >= 11 is 1.85. The number of anilines is 3. The molecule has 0 saturated heterocycles. The lowest BCUT2D eigenvalue weighted by molar-refractivity contribution is 0.623. The molecule has 212 valence electrons. The average Bonchev–Trinajstić information content (AvgIpc) is 3.72. The quantitative estimate of drug-likeness (QED) is 0.198. The molecule has 0 saturated carbocycles. The molecule has 4 heteroatoms. The van der Waals surface area contributed by atoms with Gasteiger partial charge in [0.05, 0.1) is 11.1 Å². The Labute approximate surface area is 264 Å². The number of aromatic nitrogens is 1. The summed E-state index contributed by atoms with van der Waals surface area (Å²) in [5.74, 6) is 0.622. The van der Waals surface area contributed by atoms with Crippen LogP contribution in [0.4, 0.5) is 17.1 Å². The maximum atomic E-state index is 6.57. The van der Waals surface area contributed by atoms with Crippen LogP contribution in [-0.2, 0) is 0 Å². The highest BCUT2D eigenvalue weighted by Crippen LogP contribution is 2.45. The van der Waals surface area contributed by atoms with Crippen molar-refractivity contribution < 1.29 is 4.42 Å². The molecular formula is C41H26N2OS. The molecule has 9 rings (SSSR count). The largest absolute Gasteiger partial charge is 0.435 e. The maximum absolute atomic E-state index is 6.57. The molecule has 2 heterocycles. The molecule has 0 unspecified atom stereocenters. The highest BCUT2D eigenvalue weighted by molar-refractivity contribution is 7.25. The third-order valence-electron chi connectivity index (χ3n) is 8.47. The third-order valence-corrected chi connectivity index (χ3v) is 9.61. The SMILES string of the molecule is c1ccc(-c2nc3ccc4cccc(N(c5ccccc5)c5cccc(-c6cccc7sc8ccccc8c67)c5)c4c3o2)cc1. The van der Waals surface area contributed by atoms with Gasteiger partial charge in [-0.2, -0.15) is 0 Å². The summed E-state index contributed by atoms with van der Waals surface area (Å²) in [4.78, 5) is 7.23. The molecule has 0 fully saturated rings. The highest BCUT2D eigenvalue weighted by atomic mass is 32.1. The molecule has 0 aliphatic heterocycles.